The lowest BCUT2D eigenvalue weighted by atomic mass is 9.46. The molecule has 9 nitrogen and oxygen atoms in total. The third-order valence-electron chi connectivity index (χ3n) is 10.8. The van der Waals surface area contributed by atoms with E-state index in [4.69, 9.17) is 4.18 Å². The second kappa shape index (κ2) is 11.0. The van der Waals surface area contributed by atoms with Gasteiger partial charge in [0, 0.05) is 0 Å². The van der Waals surface area contributed by atoms with Crippen LogP contribution in [-0.2, 0) is 29.2 Å². The first-order valence-electron chi connectivity index (χ1n) is 14.2. The highest BCUT2D eigenvalue weighted by Crippen LogP contribution is 2.67. The van der Waals surface area contributed by atoms with E-state index in [1.165, 1.54) is 0 Å². The van der Waals surface area contributed by atoms with Gasteiger partial charge in [0.25, 0.3) is 0 Å². The van der Waals surface area contributed by atoms with Crippen LogP contribution in [0.25, 0.3) is 0 Å². The molecule has 11 heteroatoms. The molecule has 3 saturated carbocycles. The van der Waals surface area contributed by atoms with Crippen LogP contribution in [0, 0.1) is 46.3 Å². The summed E-state index contributed by atoms with van der Waals surface area (Å²) in [6.45, 7) is 8.79. The standard InChI is InChI=1S/C27H46O9S2/c1-17(2)6-5-7-18(16-35-37(29,30)31)20-10-11-21-19-8-9-23-25(28)24(36-38(32,33)34)13-15-27(23,4)22(19)12-14-26(20,21)3/h9,17-22,24-25,28H,5-8,10-16H2,1-4H3,(H,29,30,31)(H,32,33,34)/p-2/t18-,19-,20+,21-,22-,24+,25+,26+,27+/m0/s1. The van der Waals surface area contributed by atoms with Crippen molar-refractivity contribution in [3.63, 3.8) is 0 Å². The molecule has 0 heterocycles. The number of hydrogen-bond donors (Lipinski definition) is 1. The predicted octanol–water partition coefficient (Wildman–Crippen LogP) is 4.30. The number of aliphatic hydroxyl groups is 1. The van der Waals surface area contributed by atoms with E-state index in [0.717, 1.165) is 56.9 Å². The van der Waals surface area contributed by atoms with Crippen molar-refractivity contribution in [3.05, 3.63) is 11.6 Å². The van der Waals surface area contributed by atoms with Crippen LogP contribution in [0.3, 0.4) is 0 Å². The molecular weight excluding hydrogens is 532 g/mol. The van der Waals surface area contributed by atoms with Crippen LogP contribution < -0.4 is 0 Å². The van der Waals surface area contributed by atoms with Crippen LogP contribution in [0.1, 0.15) is 91.9 Å². The Labute approximate surface area is 228 Å². The van der Waals surface area contributed by atoms with Crippen molar-refractivity contribution >= 4 is 20.8 Å². The molecule has 220 valence electrons. The van der Waals surface area contributed by atoms with E-state index < -0.39 is 33.0 Å². The minimum Gasteiger partial charge on any atom is -0.726 e. The predicted molar refractivity (Wildman–Crippen MR) is 139 cm³/mol. The van der Waals surface area contributed by atoms with Crippen molar-refractivity contribution in [3.8, 4) is 0 Å². The summed E-state index contributed by atoms with van der Waals surface area (Å²) in [4.78, 5) is 0. The van der Waals surface area contributed by atoms with E-state index in [0.29, 0.717) is 36.5 Å². The average Bonchev–Trinajstić information content (AvgIpc) is 3.14. The van der Waals surface area contributed by atoms with Gasteiger partial charge in [-0.3, -0.25) is 8.37 Å². The van der Waals surface area contributed by atoms with Gasteiger partial charge in [0.15, 0.2) is 0 Å². The summed E-state index contributed by atoms with van der Waals surface area (Å²) >= 11 is 0. The van der Waals surface area contributed by atoms with Crippen LogP contribution in [0.2, 0.25) is 0 Å². The van der Waals surface area contributed by atoms with Crippen molar-refractivity contribution < 1.29 is 39.4 Å². The first-order valence-corrected chi connectivity index (χ1v) is 16.8. The van der Waals surface area contributed by atoms with Crippen molar-refractivity contribution in [2.45, 2.75) is 104 Å². The SMILES string of the molecule is CC(C)CCC[C@@H](COS(=O)(=O)[O-])[C@H]1CC[C@H]2[C@@H]3CC=C4[C@@H](O)[C@H](OS(=O)(=O)[O-])CC[C@]4(C)[C@H]3CC[C@]12C. The molecule has 4 rings (SSSR count). The average molecular weight is 577 g/mol. The maximum absolute atomic E-state index is 11.3. The molecule has 4 aliphatic carbocycles. The Kier molecular flexibility index (Phi) is 8.82. The molecular formula is C27H44O9S2-2. The summed E-state index contributed by atoms with van der Waals surface area (Å²) in [6, 6.07) is 0. The van der Waals surface area contributed by atoms with Gasteiger partial charge in [-0.1, -0.05) is 46.6 Å². The fourth-order valence-electron chi connectivity index (χ4n) is 9.13. The van der Waals surface area contributed by atoms with E-state index in [1.54, 1.807) is 0 Å². The Hall–Kier alpha value is -0.560. The summed E-state index contributed by atoms with van der Waals surface area (Å²) in [5, 5.41) is 11.0. The van der Waals surface area contributed by atoms with Gasteiger partial charge in [-0.05, 0) is 103 Å². The van der Waals surface area contributed by atoms with Gasteiger partial charge >= 0.3 is 0 Å². The molecule has 0 aliphatic heterocycles. The van der Waals surface area contributed by atoms with Gasteiger partial charge in [-0.15, -0.1) is 0 Å². The molecule has 0 radical (unpaired) electrons. The maximum atomic E-state index is 11.3. The minimum absolute atomic E-state index is 0.0109. The molecule has 0 bridgehead atoms. The van der Waals surface area contributed by atoms with Gasteiger partial charge in [0.1, 0.15) is 12.2 Å². The summed E-state index contributed by atoms with van der Waals surface area (Å²) in [5.74, 6) is 2.01. The monoisotopic (exact) mass is 576 g/mol. The molecule has 0 amide bonds. The number of rotatable bonds is 10. The first kappa shape index (κ1) is 30.4. The Morgan fingerprint density at radius 2 is 1.71 bits per heavy atom. The number of fused-ring (bicyclic) bond motifs is 5. The van der Waals surface area contributed by atoms with Gasteiger partial charge in [-0.2, -0.15) is 0 Å². The molecule has 3 fully saturated rings. The van der Waals surface area contributed by atoms with Crippen LogP contribution in [0.4, 0.5) is 0 Å². The lowest BCUT2D eigenvalue weighted by molar-refractivity contribution is -0.0789. The zero-order chi connectivity index (χ0) is 28.1. The lowest BCUT2D eigenvalue weighted by Gasteiger charge is -2.59. The van der Waals surface area contributed by atoms with E-state index in [9.17, 15) is 31.0 Å². The number of allylic oxidation sites excluding steroid dienone is 1. The van der Waals surface area contributed by atoms with Crippen LogP contribution >= 0.6 is 0 Å². The van der Waals surface area contributed by atoms with E-state index in [2.05, 4.69) is 38.0 Å². The lowest BCUT2D eigenvalue weighted by Crippen LogP contribution is -2.54. The fourth-order valence-corrected chi connectivity index (χ4v) is 9.98. The Balaban J connectivity index is 1.54. The smallest absolute Gasteiger partial charge is 0.218 e. The van der Waals surface area contributed by atoms with Crippen molar-refractivity contribution in [1.82, 2.24) is 0 Å². The largest absolute Gasteiger partial charge is 0.726 e. The molecule has 1 N–H and O–H groups in total. The molecule has 9 atom stereocenters. The second-order valence-corrected chi connectivity index (χ2v) is 15.3. The molecule has 4 aliphatic rings. The maximum Gasteiger partial charge on any atom is 0.218 e. The van der Waals surface area contributed by atoms with Crippen molar-refractivity contribution in [2.75, 3.05) is 6.61 Å². The molecule has 0 aromatic rings. The summed E-state index contributed by atoms with van der Waals surface area (Å²) < 4.78 is 77.0. The zero-order valence-corrected chi connectivity index (χ0v) is 24.6. The van der Waals surface area contributed by atoms with Gasteiger partial charge in [0.05, 0.1) is 6.61 Å². The molecule has 0 saturated heterocycles. The quantitative estimate of drug-likeness (QED) is 0.228. The fraction of sp³-hybridized carbons (Fsp3) is 0.926. The highest BCUT2D eigenvalue weighted by Gasteiger charge is 2.60. The Morgan fingerprint density at radius 1 is 1.00 bits per heavy atom. The van der Waals surface area contributed by atoms with E-state index in [1.807, 2.05) is 0 Å². The first-order chi connectivity index (χ1) is 17.6. The molecule has 0 unspecified atom stereocenters. The van der Waals surface area contributed by atoms with Gasteiger partial charge in [-0.25, -0.2) is 16.8 Å². The second-order valence-electron chi connectivity index (χ2n) is 13.2. The van der Waals surface area contributed by atoms with E-state index in [-0.39, 0.29) is 29.3 Å². The van der Waals surface area contributed by atoms with Crippen LogP contribution in [0.15, 0.2) is 11.6 Å². The van der Waals surface area contributed by atoms with Gasteiger partial charge < -0.3 is 14.2 Å². The van der Waals surface area contributed by atoms with E-state index >= 15 is 0 Å². The topological polar surface area (TPSA) is 153 Å². The highest BCUT2D eigenvalue weighted by atomic mass is 32.3. The summed E-state index contributed by atoms with van der Waals surface area (Å²) in [5.41, 5.74) is 0.527. The molecule has 0 aromatic carbocycles. The van der Waals surface area contributed by atoms with Crippen molar-refractivity contribution in [1.29, 1.82) is 0 Å². The Morgan fingerprint density at radius 3 is 2.34 bits per heavy atom. The zero-order valence-electron chi connectivity index (χ0n) is 23.0. The van der Waals surface area contributed by atoms with Crippen LogP contribution in [0.5, 0.6) is 0 Å². The molecule has 38 heavy (non-hydrogen) atoms. The third-order valence-corrected chi connectivity index (χ3v) is 11.7. The molecule has 0 spiro atoms. The van der Waals surface area contributed by atoms with Crippen LogP contribution in [-0.4, -0.2) is 49.9 Å². The van der Waals surface area contributed by atoms with Crippen molar-refractivity contribution in [2.24, 2.45) is 46.3 Å². The summed E-state index contributed by atoms with van der Waals surface area (Å²) in [7, 11) is -9.65. The number of hydrogen-bond acceptors (Lipinski definition) is 9. The highest BCUT2D eigenvalue weighted by molar-refractivity contribution is 7.81. The Bertz CT molecular complexity index is 1100. The minimum atomic E-state index is -4.90. The number of aliphatic hydroxyl groups excluding tert-OH is 1. The molecule has 0 aromatic heterocycles. The third kappa shape index (κ3) is 6.19. The van der Waals surface area contributed by atoms with Gasteiger partial charge in [0.2, 0.25) is 20.8 Å². The summed E-state index contributed by atoms with van der Waals surface area (Å²) in [6.07, 6.45) is 8.45. The normalized spacial score (nSPS) is 40.3.